The third-order valence-corrected chi connectivity index (χ3v) is 4.67. The third kappa shape index (κ3) is 4.85. The Morgan fingerprint density at radius 3 is 2.09 bits per heavy atom. The van der Waals surface area contributed by atoms with Crippen LogP contribution in [0.2, 0.25) is 0 Å². The number of methoxy groups -OCH3 is 1. The second-order valence-electron chi connectivity index (χ2n) is 4.30. The number of halogens is 1. The van der Waals surface area contributed by atoms with Crippen LogP contribution in [0.15, 0.2) is 53.4 Å². The predicted octanol–water partition coefficient (Wildman–Crippen LogP) is 3.08. The quantitative estimate of drug-likeness (QED) is 0.381. The van der Waals surface area contributed by atoms with Crippen molar-refractivity contribution in [2.24, 2.45) is 0 Å². The van der Waals surface area contributed by atoms with Gasteiger partial charge in [0.15, 0.2) is 0 Å². The average Bonchev–Trinajstić information content (AvgIpc) is 2.50. The molecule has 0 aliphatic rings. The second kappa shape index (κ2) is 7.80. The molecule has 2 aromatic rings. The molecule has 0 aromatic heterocycles. The molecule has 0 unspecified atom stereocenters. The van der Waals surface area contributed by atoms with Gasteiger partial charge in [0.25, 0.3) is 0 Å². The first-order chi connectivity index (χ1) is 10.5. The van der Waals surface area contributed by atoms with E-state index in [-0.39, 0.29) is 10.6 Å². The van der Waals surface area contributed by atoms with Crippen molar-refractivity contribution in [2.75, 3.05) is 20.3 Å². The van der Waals surface area contributed by atoms with E-state index in [0.29, 0.717) is 19.0 Å². The molecule has 0 aliphatic heterocycles. The van der Waals surface area contributed by atoms with Crippen LogP contribution in [0, 0.1) is 3.57 Å². The van der Waals surface area contributed by atoms with Crippen molar-refractivity contribution in [1.29, 1.82) is 0 Å². The van der Waals surface area contributed by atoms with Gasteiger partial charge in [-0.15, -0.1) is 0 Å². The highest BCUT2D eigenvalue weighted by molar-refractivity contribution is 14.1. The SMILES string of the molecule is COCCOc1ccc(S(=O)(=O)Oc2ccc(I)cc2)cc1. The van der Waals surface area contributed by atoms with Gasteiger partial charge in [0, 0.05) is 10.7 Å². The summed E-state index contributed by atoms with van der Waals surface area (Å²) in [6.07, 6.45) is 0. The lowest BCUT2D eigenvalue weighted by Crippen LogP contribution is -2.10. The first-order valence-corrected chi connectivity index (χ1v) is 8.92. The highest BCUT2D eigenvalue weighted by atomic mass is 127. The van der Waals surface area contributed by atoms with E-state index in [9.17, 15) is 8.42 Å². The standard InChI is InChI=1S/C15H15IO5S/c1-19-10-11-20-13-6-8-15(9-7-13)22(17,18)21-14-4-2-12(16)3-5-14/h2-9H,10-11H2,1H3. The third-order valence-electron chi connectivity index (χ3n) is 2.69. The van der Waals surface area contributed by atoms with Crippen LogP contribution in [0.25, 0.3) is 0 Å². The van der Waals surface area contributed by atoms with Crippen LogP contribution in [0.5, 0.6) is 11.5 Å². The summed E-state index contributed by atoms with van der Waals surface area (Å²) in [5, 5.41) is 0. The summed E-state index contributed by atoms with van der Waals surface area (Å²) in [5.74, 6) is 0.853. The molecule has 118 valence electrons. The Morgan fingerprint density at radius 2 is 1.50 bits per heavy atom. The molecular weight excluding hydrogens is 419 g/mol. The highest BCUT2D eigenvalue weighted by Gasteiger charge is 2.16. The fourth-order valence-electron chi connectivity index (χ4n) is 1.61. The Balaban J connectivity index is 2.07. The lowest BCUT2D eigenvalue weighted by molar-refractivity contribution is 0.146. The van der Waals surface area contributed by atoms with Gasteiger partial charge >= 0.3 is 10.1 Å². The van der Waals surface area contributed by atoms with Crippen molar-refractivity contribution >= 4 is 32.7 Å². The number of hydrogen-bond donors (Lipinski definition) is 0. The fourth-order valence-corrected chi connectivity index (χ4v) is 2.90. The molecule has 2 rings (SSSR count). The number of hydrogen-bond acceptors (Lipinski definition) is 5. The fraction of sp³-hybridized carbons (Fsp3) is 0.200. The zero-order valence-electron chi connectivity index (χ0n) is 11.9. The maximum Gasteiger partial charge on any atom is 0.339 e. The summed E-state index contributed by atoms with van der Waals surface area (Å²) in [4.78, 5) is 0.0742. The van der Waals surface area contributed by atoms with Crippen LogP contribution in [-0.2, 0) is 14.9 Å². The van der Waals surface area contributed by atoms with Gasteiger partial charge in [-0.2, -0.15) is 8.42 Å². The zero-order chi connectivity index (χ0) is 16.0. The van der Waals surface area contributed by atoms with E-state index in [1.165, 1.54) is 12.1 Å². The molecule has 5 nitrogen and oxygen atoms in total. The smallest absolute Gasteiger partial charge is 0.339 e. The minimum atomic E-state index is -3.85. The largest absolute Gasteiger partial charge is 0.491 e. The second-order valence-corrected chi connectivity index (χ2v) is 7.10. The molecule has 7 heteroatoms. The van der Waals surface area contributed by atoms with Gasteiger partial charge in [0.1, 0.15) is 23.0 Å². The Bertz CT molecular complexity index is 696. The van der Waals surface area contributed by atoms with E-state index in [1.54, 1.807) is 43.5 Å². The van der Waals surface area contributed by atoms with Gasteiger partial charge in [0.2, 0.25) is 0 Å². The summed E-state index contributed by atoms with van der Waals surface area (Å²) in [6.45, 7) is 0.873. The Kier molecular flexibility index (Phi) is 6.04. The first-order valence-electron chi connectivity index (χ1n) is 6.43. The summed E-state index contributed by atoms with van der Waals surface area (Å²) in [5.41, 5.74) is 0. The van der Waals surface area contributed by atoms with E-state index in [0.717, 1.165) is 3.57 Å². The minimum absolute atomic E-state index is 0.0742. The van der Waals surface area contributed by atoms with E-state index >= 15 is 0 Å². The molecule has 0 aliphatic carbocycles. The van der Waals surface area contributed by atoms with E-state index in [1.807, 2.05) is 0 Å². The van der Waals surface area contributed by atoms with Crippen LogP contribution in [0.3, 0.4) is 0 Å². The van der Waals surface area contributed by atoms with Gasteiger partial charge in [-0.25, -0.2) is 0 Å². The predicted molar refractivity (Wildman–Crippen MR) is 90.8 cm³/mol. The molecule has 0 N–H and O–H groups in total. The summed E-state index contributed by atoms with van der Waals surface area (Å²) >= 11 is 2.13. The summed E-state index contributed by atoms with van der Waals surface area (Å²) in [7, 11) is -2.27. The molecular formula is C15H15IO5S. The lowest BCUT2D eigenvalue weighted by Gasteiger charge is -2.09. The molecule has 0 heterocycles. The maximum atomic E-state index is 12.2. The molecule has 0 fully saturated rings. The molecule has 0 bridgehead atoms. The van der Waals surface area contributed by atoms with Crippen molar-refractivity contribution in [3.63, 3.8) is 0 Å². The number of ether oxygens (including phenoxy) is 2. The van der Waals surface area contributed by atoms with Crippen LogP contribution < -0.4 is 8.92 Å². The van der Waals surface area contributed by atoms with Gasteiger partial charge in [0.05, 0.1) is 6.61 Å². The Morgan fingerprint density at radius 1 is 0.909 bits per heavy atom. The van der Waals surface area contributed by atoms with Gasteiger partial charge in [-0.1, -0.05) is 0 Å². The number of benzene rings is 2. The van der Waals surface area contributed by atoms with E-state index in [2.05, 4.69) is 22.6 Å². The summed E-state index contributed by atoms with van der Waals surface area (Å²) < 4.78 is 40.7. The highest BCUT2D eigenvalue weighted by Crippen LogP contribution is 2.21. The monoisotopic (exact) mass is 434 g/mol. The molecule has 0 amide bonds. The van der Waals surface area contributed by atoms with Crippen molar-refractivity contribution in [3.8, 4) is 11.5 Å². The lowest BCUT2D eigenvalue weighted by atomic mass is 10.3. The van der Waals surface area contributed by atoms with Crippen LogP contribution in [0.4, 0.5) is 0 Å². The van der Waals surface area contributed by atoms with Crippen LogP contribution >= 0.6 is 22.6 Å². The molecule has 0 atom stereocenters. The van der Waals surface area contributed by atoms with Crippen molar-refractivity contribution in [1.82, 2.24) is 0 Å². The normalized spacial score (nSPS) is 11.2. The Hall–Kier alpha value is -1.32. The first kappa shape index (κ1) is 17.0. The molecule has 0 radical (unpaired) electrons. The zero-order valence-corrected chi connectivity index (χ0v) is 14.8. The number of rotatable bonds is 7. The van der Waals surface area contributed by atoms with Crippen molar-refractivity contribution in [2.45, 2.75) is 4.90 Å². The molecule has 0 saturated carbocycles. The molecule has 2 aromatic carbocycles. The molecule has 0 saturated heterocycles. The molecule has 0 spiro atoms. The van der Waals surface area contributed by atoms with Gasteiger partial charge in [-0.05, 0) is 71.1 Å². The topological polar surface area (TPSA) is 61.8 Å². The van der Waals surface area contributed by atoms with Crippen LogP contribution in [0.1, 0.15) is 0 Å². The van der Waals surface area contributed by atoms with Crippen LogP contribution in [-0.4, -0.2) is 28.7 Å². The minimum Gasteiger partial charge on any atom is -0.491 e. The maximum absolute atomic E-state index is 12.2. The average molecular weight is 434 g/mol. The Labute approximate surface area is 143 Å². The van der Waals surface area contributed by atoms with Gasteiger partial charge < -0.3 is 13.7 Å². The van der Waals surface area contributed by atoms with E-state index in [4.69, 9.17) is 13.7 Å². The van der Waals surface area contributed by atoms with Crippen molar-refractivity contribution < 1.29 is 22.1 Å². The molecule has 22 heavy (non-hydrogen) atoms. The van der Waals surface area contributed by atoms with Gasteiger partial charge in [-0.3, -0.25) is 0 Å². The van der Waals surface area contributed by atoms with Crippen molar-refractivity contribution in [3.05, 3.63) is 52.1 Å². The van der Waals surface area contributed by atoms with E-state index < -0.39 is 10.1 Å². The summed E-state index contributed by atoms with van der Waals surface area (Å²) in [6, 6.07) is 12.8.